The maximum Gasteiger partial charge on any atom is 0.411 e. The van der Waals surface area contributed by atoms with E-state index in [2.05, 4.69) is 27.1 Å². The third-order valence-electron chi connectivity index (χ3n) is 3.10. The van der Waals surface area contributed by atoms with Crippen LogP contribution in [-0.2, 0) is 4.74 Å². The number of likely N-dealkylation sites (N-methyl/N-ethyl adjacent to an activating group) is 1. The van der Waals surface area contributed by atoms with Gasteiger partial charge in [0.25, 0.3) is 0 Å². The molecular weight excluding hydrogens is 244 g/mol. The first-order valence-corrected chi connectivity index (χ1v) is 6.52. The van der Waals surface area contributed by atoms with Crippen LogP contribution in [0.3, 0.4) is 0 Å². The van der Waals surface area contributed by atoms with Crippen LogP contribution >= 0.6 is 0 Å². The Balaban J connectivity index is 1.92. The molecule has 0 radical (unpaired) electrons. The van der Waals surface area contributed by atoms with Crippen molar-refractivity contribution >= 4 is 17.6 Å². The zero-order valence-corrected chi connectivity index (χ0v) is 11.4. The Labute approximate surface area is 113 Å². The van der Waals surface area contributed by atoms with Crippen molar-refractivity contribution in [2.24, 2.45) is 0 Å². The van der Waals surface area contributed by atoms with E-state index in [4.69, 9.17) is 4.74 Å². The van der Waals surface area contributed by atoms with E-state index in [0.29, 0.717) is 12.3 Å². The lowest BCUT2D eigenvalue weighted by Gasteiger charge is -2.33. The highest BCUT2D eigenvalue weighted by molar-refractivity contribution is 5.84. The molecule has 6 nitrogen and oxygen atoms in total. The van der Waals surface area contributed by atoms with Crippen LogP contribution < -0.4 is 10.2 Å². The number of carbonyl (C=O) groups excluding carboxylic acids is 1. The molecule has 1 aliphatic heterocycles. The predicted molar refractivity (Wildman–Crippen MR) is 74.6 cm³/mol. The second kappa shape index (κ2) is 6.38. The van der Waals surface area contributed by atoms with Crippen LogP contribution in [0.4, 0.5) is 16.3 Å². The first kappa shape index (κ1) is 13.6. The summed E-state index contributed by atoms with van der Waals surface area (Å²) in [5.74, 6) is 0.947. The number of aromatic nitrogens is 1. The van der Waals surface area contributed by atoms with E-state index in [9.17, 15) is 4.79 Å². The highest BCUT2D eigenvalue weighted by atomic mass is 16.5. The third kappa shape index (κ3) is 3.82. The molecule has 0 aromatic carbocycles. The lowest BCUT2D eigenvalue weighted by atomic mass is 10.3. The van der Waals surface area contributed by atoms with E-state index in [0.717, 1.165) is 32.0 Å². The van der Waals surface area contributed by atoms with E-state index < -0.39 is 6.09 Å². The van der Waals surface area contributed by atoms with Gasteiger partial charge in [-0.25, -0.2) is 9.78 Å². The van der Waals surface area contributed by atoms with Crippen LogP contribution in [0.5, 0.6) is 0 Å². The predicted octanol–water partition coefficient (Wildman–Crippen LogP) is 1.40. The highest BCUT2D eigenvalue weighted by Gasteiger charge is 2.15. The number of nitrogens with one attached hydrogen (secondary N) is 1. The van der Waals surface area contributed by atoms with Crippen molar-refractivity contribution in [2.75, 3.05) is 50.1 Å². The molecule has 6 heteroatoms. The van der Waals surface area contributed by atoms with Gasteiger partial charge in [0.1, 0.15) is 5.82 Å². The number of carbonyl (C=O) groups is 1. The number of pyridine rings is 1. The van der Waals surface area contributed by atoms with Crippen LogP contribution in [0.15, 0.2) is 18.3 Å². The summed E-state index contributed by atoms with van der Waals surface area (Å²) in [5, 5.41) is 2.63. The molecule has 1 N–H and O–H groups in total. The molecule has 0 atom stereocenters. The summed E-state index contributed by atoms with van der Waals surface area (Å²) in [4.78, 5) is 20.2. The maximum absolute atomic E-state index is 11.3. The van der Waals surface area contributed by atoms with Crippen LogP contribution in [0.25, 0.3) is 0 Å². The Morgan fingerprint density at radius 2 is 2.11 bits per heavy atom. The van der Waals surface area contributed by atoms with Crippen molar-refractivity contribution in [3.63, 3.8) is 0 Å². The van der Waals surface area contributed by atoms with E-state index >= 15 is 0 Å². The molecule has 1 fully saturated rings. The van der Waals surface area contributed by atoms with Gasteiger partial charge < -0.3 is 14.5 Å². The van der Waals surface area contributed by atoms with Gasteiger partial charge in [0, 0.05) is 26.2 Å². The zero-order chi connectivity index (χ0) is 13.7. The molecule has 1 aromatic rings. The standard InChI is InChI=1S/C13H20N4O2/c1-3-19-13(18)15-11-4-5-12(14-10-11)17-8-6-16(2)7-9-17/h4-5,10H,3,6-9H2,1-2H3,(H,15,18). The van der Waals surface area contributed by atoms with Gasteiger partial charge in [-0.05, 0) is 26.1 Å². The minimum Gasteiger partial charge on any atom is -0.450 e. The number of rotatable bonds is 3. The fourth-order valence-corrected chi connectivity index (χ4v) is 1.97. The van der Waals surface area contributed by atoms with Crippen LogP contribution in [-0.4, -0.2) is 55.8 Å². The molecule has 0 unspecified atom stereocenters. The van der Waals surface area contributed by atoms with Crippen molar-refractivity contribution in [2.45, 2.75) is 6.92 Å². The lowest BCUT2D eigenvalue weighted by molar-refractivity contribution is 0.168. The normalized spacial score (nSPS) is 16.2. The van der Waals surface area contributed by atoms with Crippen molar-refractivity contribution in [3.8, 4) is 0 Å². The Kier molecular flexibility index (Phi) is 4.57. The van der Waals surface area contributed by atoms with Gasteiger partial charge >= 0.3 is 6.09 Å². The van der Waals surface area contributed by atoms with E-state index in [1.54, 1.807) is 13.1 Å². The van der Waals surface area contributed by atoms with Crippen LogP contribution in [0.1, 0.15) is 6.92 Å². The van der Waals surface area contributed by atoms with Gasteiger partial charge in [-0.3, -0.25) is 5.32 Å². The van der Waals surface area contributed by atoms with Crippen molar-refractivity contribution in [1.82, 2.24) is 9.88 Å². The smallest absolute Gasteiger partial charge is 0.411 e. The largest absolute Gasteiger partial charge is 0.450 e. The average molecular weight is 264 g/mol. The molecule has 19 heavy (non-hydrogen) atoms. The first-order chi connectivity index (χ1) is 9.19. The van der Waals surface area contributed by atoms with E-state index in [1.165, 1.54) is 0 Å². The Bertz CT molecular complexity index is 413. The number of nitrogens with zero attached hydrogens (tertiary/aromatic N) is 3. The monoisotopic (exact) mass is 264 g/mol. The quantitative estimate of drug-likeness (QED) is 0.894. The molecule has 1 amide bonds. The van der Waals surface area contributed by atoms with Crippen molar-refractivity contribution in [1.29, 1.82) is 0 Å². The SMILES string of the molecule is CCOC(=O)Nc1ccc(N2CCN(C)CC2)nc1. The highest BCUT2D eigenvalue weighted by Crippen LogP contribution is 2.15. The Morgan fingerprint density at radius 3 is 2.68 bits per heavy atom. The molecule has 0 saturated carbocycles. The molecule has 2 heterocycles. The zero-order valence-electron chi connectivity index (χ0n) is 11.4. The van der Waals surface area contributed by atoms with Crippen LogP contribution in [0, 0.1) is 0 Å². The van der Waals surface area contributed by atoms with Crippen molar-refractivity contribution in [3.05, 3.63) is 18.3 Å². The van der Waals surface area contributed by atoms with E-state index in [-0.39, 0.29) is 0 Å². The van der Waals surface area contributed by atoms with E-state index in [1.807, 2.05) is 12.1 Å². The summed E-state index contributed by atoms with van der Waals surface area (Å²) in [5.41, 5.74) is 0.649. The van der Waals surface area contributed by atoms with Gasteiger partial charge in [-0.2, -0.15) is 0 Å². The fraction of sp³-hybridized carbons (Fsp3) is 0.538. The molecule has 1 aromatic heterocycles. The number of piperazine rings is 1. The second-order valence-corrected chi connectivity index (χ2v) is 4.54. The first-order valence-electron chi connectivity index (χ1n) is 6.52. The molecule has 1 saturated heterocycles. The summed E-state index contributed by atoms with van der Waals surface area (Å²) in [7, 11) is 2.12. The maximum atomic E-state index is 11.3. The Hall–Kier alpha value is -1.82. The number of amides is 1. The topological polar surface area (TPSA) is 57.7 Å². The van der Waals surface area contributed by atoms with Crippen molar-refractivity contribution < 1.29 is 9.53 Å². The van der Waals surface area contributed by atoms with Gasteiger partial charge in [-0.15, -0.1) is 0 Å². The summed E-state index contributed by atoms with van der Waals surface area (Å²) in [6.07, 6.45) is 1.21. The Morgan fingerprint density at radius 1 is 1.37 bits per heavy atom. The minimum atomic E-state index is -0.448. The third-order valence-corrected chi connectivity index (χ3v) is 3.10. The summed E-state index contributed by atoms with van der Waals surface area (Å²) < 4.78 is 4.81. The summed E-state index contributed by atoms with van der Waals surface area (Å²) in [6.45, 7) is 6.18. The number of hydrogen-bond acceptors (Lipinski definition) is 5. The minimum absolute atomic E-state index is 0.360. The molecule has 0 bridgehead atoms. The molecule has 0 aliphatic carbocycles. The number of anilines is 2. The molecule has 0 spiro atoms. The fourth-order valence-electron chi connectivity index (χ4n) is 1.97. The lowest BCUT2D eigenvalue weighted by Crippen LogP contribution is -2.44. The number of ether oxygens (including phenoxy) is 1. The van der Waals surface area contributed by atoms with Gasteiger partial charge in [0.05, 0.1) is 18.5 Å². The van der Waals surface area contributed by atoms with Gasteiger partial charge in [0.2, 0.25) is 0 Å². The number of hydrogen-bond donors (Lipinski definition) is 1. The molecule has 104 valence electrons. The average Bonchev–Trinajstić information content (AvgIpc) is 2.41. The van der Waals surface area contributed by atoms with Gasteiger partial charge in [0.15, 0.2) is 0 Å². The summed E-state index contributed by atoms with van der Waals surface area (Å²) >= 11 is 0. The molecule has 1 aliphatic rings. The second-order valence-electron chi connectivity index (χ2n) is 4.54. The summed E-state index contributed by atoms with van der Waals surface area (Å²) in [6, 6.07) is 3.77. The molecule has 2 rings (SSSR count). The molecular formula is C13H20N4O2. The van der Waals surface area contributed by atoms with Gasteiger partial charge in [-0.1, -0.05) is 0 Å². The van der Waals surface area contributed by atoms with Crippen LogP contribution in [0.2, 0.25) is 0 Å².